The SMILES string of the molecule is CC(C)(C)OC(=O)NCC1CC(=O)N1. The van der Waals surface area contributed by atoms with Crippen molar-refractivity contribution in [2.24, 2.45) is 0 Å². The fourth-order valence-corrected chi connectivity index (χ4v) is 1.07. The van der Waals surface area contributed by atoms with Gasteiger partial charge in [-0.25, -0.2) is 4.79 Å². The third-order valence-electron chi connectivity index (χ3n) is 1.69. The molecule has 2 amide bonds. The highest BCUT2D eigenvalue weighted by Gasteiger charge is 2.26. The number of carbonyl (C=O) groups is 2. The number of hydrogen-bond donors (Lipinski definition) is 2. The predicted molar refractivity (Wildman–Crippen MR) is 50.8 cm³/mol. The highest BCUT2D eigenvalue weighted by molar-refractivity contribution is 5.83. The lowest BCUT2D eigenvalue weighted by atomic mass is 10.1. The minimum absolute atomic E-state index is 0.0287. The van der Waals surface area contributed by atoms with E-state index in [9.17, 15) is 9.59 Å². The Kier molecular flexibility index (Phi) is 2.98. The summed E-state index contributed by atoms with van der Waals surface area (Å²) in [5.74, 6) is 0.0287. The standard InChI is InChI=1S/C9H16N2O3/c1-9(2,3)14-8(13)10-5-6-4-7(12)11-6/h6H,4-5H2,1-3H3,(H,10,13)(H,11,12). The van der Waals surface area contributed by atoms with E-state index in [1.807, 2.05) is 0 Å². The minimum Gasteiger partial charge on any atom is -0.444 e. The second kappa shape index (κ2) is 3.86. The maximum atomic E-state index is 11.1. The van der Waals surface area contributed by atoms with Crippen LogP contribution in [-0.2, 0) is 9.53 Å². The van der Waals surface area contributed by atoms with E-state index in [-0.39, 0.29) is 11.9 Å². The first kappa shape index (κ1) is 10.8. The molecule has 1 rings (SSSR count). The molecule has 1 aliphatic rings. The summed E-state index contributed by atoms with van der Waals surface area (Å²) in [6.07, 6.45) is 0.0362. The lowest BCUT2D eigenvalue weighted by Gasteiger charge is -2.27. The molecule has 1 fully saturated rings. The second-order valence-corrected chi connectivity index (χ2v) is 4.35. The van der Waals surface area contributed by atoms with Gasteiger partial charge in [-0.2, -0.15) is 0 Å². The number of amides is 2. The van der Waals surface area contributed by atoms with Gasteiger partial charge < -0.3 is 15.4 Å². The van der Waals surface area contributed by atoms with Crippen molar-refractivity contribution in [2.75, 3.05) is 6.54 Å². The molecule has 80 valence electrons. The molecule has 0 saturated carbocycles. The summed E-state index contributed by atoms with van der Waals surface area (Å²) in [5, 5.41) is 5.24. The van der Waals surface area contributed by atoms with Crippen LogP contribution in [0.3, 0.4) is 0 Å². The number of rotatable bonds is 2. The molecule has 0 aliphatic carbocycles. The van der Waals surface area contributed by atoms with Crippen molar-refractivity contribution >= 4 is 12.0 Å². The van der Waals surface area contributed by atoms with E-state index in [1.165, 1.54) is 0 Å². The van der Waals surface area contributed by atoms with Crippen molar-refractivity contribution < 1.29 is 14.3 Å². The molecular formula is C9H16N2O3. The van der Waals surface area contributed by atoms with E-state index in [0.717, 1.165) is 0 Å². The highest BCUT2D eigenvalue weighted by Crippen LogP contribution is 2.07. The van der Waals surface area contributed by atoms with Gasteiger partial charge in [-0.3, -0.25) is 4.79 Å². The van der Waals surface area contributed by atoms with Crippen molar-refractivity contribution in [3.8, 4) is 0 Å². The van der Waals surface area contributed by atoms with Gasteiger partial charge in [-0.15, -0.1) is 0 Å². The fraction of sp³-hybridized carbons (Fsp3) is 0.778. The Labute approximate surface area is 83.2 Å². The molecule has 0 radical (unpaired) electrons. The van der Waals surface area contributed by atoms with Gasteiger partial charge in [0.25, 0.3) is 0 Å². The normalized spacial score (nSPS) is 20.8. The highest BCUT2D eigenvalue weighted by atomic mass is 16.6. The van der Waals surface area contributed by atoms with E-state index in [2.05, 4.69) is 10.6 Å². The Morgan fingerprint density at radius 2 is 2.21 bits per heavy atom. The summed E-state index contributed by atoms with van der Waals surface area (Å²) < 4.78 is 5.02. The van der Waals surface area contributed by atoms with Gasteiger partial charge in [0.2, 0.25) is 5.91 Å². The number of hydrogen-bond acceptors (Lipinski definition) is 3. The molecule has 5 heteroatoms. The van der Waals surface area contributed by atoms with Crippen LogP contribution in [0.1, 0.15) is 27.2 Å². The lowest BCUT2D eigenvalue weighted by Crippen LogP contribution is -2.54. The molecular weight excluding hydrogens is 184 g/mol. The van der Waals surface area contributed by atoms with Crippen LogP contribution in [0.25, 0.3) is 0 Å². The minimum atomic E-state index is -0.479. The molecule has 5 nitrogen and oxygen atoms in total. The molecule has 1 unspecified atom stereocenters. The molecule has 1 heterocycles. The molecule has 1 atom stereocenters. The van der Waals surface area contributed by atoms with Gasteiger partial charge in [0.05, 0.1) is 6.04 Å². The molecule has 0 aromatic rings. The lowest BCUT2D eigenvalue weighted by molar-refractivity contribution is -0.128. The topological polar surface area (TPSA) is 67.4 Å². The van der Waals surface area contributed by atoms with Crippen molar-refractivity contribution in [3.63, 3.8) is 0 Å². The van der Waals surface area contributed by atoms with Crippen molar-refractivity contribution in [1.82, 2.24) is 10.6 Å². The van der Waals surface area contributed by atoms with Crippen molar-refractivity contribution in [2.45, 2.75) is 38.8 Å². The van der Waals surface area contributed by atoms with Crippen LogP contribution in [0.4, 0.5) is 4.79 Å². The summed E-state index contributed by atoms with van der Waals surface area (Å²) in [7, 11) is 0. The van der Waals surface area contributed by atoms with E-state index in [0.29, 0.717) is 13.0 Å². The molecule has 0 aromatic heterocycles. The van der Waals surface area contributed by atoms with E-state index >= 15 is 0 Å². The number of nitrogens with one attached hydrogen (secondary N) is 2. The molecule has 0 spiro atoms. The molecule has 1 aliphatic heterocycles. The van der Waals surface area contributed by atoms with Gasteiger partial charge >= 0.3 is 6.09 Å². The van der Waals surface area contributed by atoms with E-state index < -0.39 is 11.7 Å². The number of carbonyl (C=O) groups excluding carboxylic acids is 2. The Hall–Kier alpha value is -1.26. The Bertz CT molecular complexity index is 237. The zero-order chi connectivity index (χ0) is 10.8. The van der Waals surface area contributed by atoms with Gasteiger partial charge in [-0.1, -0.05) is 0 Å². The summed E-state index contributed by atoms with van der Waals surface area (Å²) >= 11 is 0. The number of alkyl carbamates (subject to hydrolysis) is 1. The molecule has 1 saturated heterocycles. The van der Waals surface area contributed by atoms with E-state index in [4.69, 9.17) is 4.74 Å². The first-order chi connectivity index (χ1) is 6.37. The summed E-state index contributed by atoms with van der Waals surface area (Å²) in [6.45, 7) is 5.84. The molecule has 14 heavy (non-hydrogen) atoms. The zero-order valence-corrected chi connectivity index (χ0v) is 8.72. The summed E-state index contributed by atoms with van der Waals surface area (Å²) in [5.41, 5.74) is -0.479. The average Bonchev–Trinajstić information content (AvgIpc) is 1.92. The number of ether oxygens (including phenoxy) is 1. The third-order valence-corrected chi connectivity index (χ3v) is 1.69. The maximum absolute atomic E-state index is 11.1. The van der Waals surface area contributed by atoms with Crippen LogP contribution in [-0.4, -0.2) is 30.2 Å². The average molecular weight is 200 g/mol. The van der Waals surface area contributed by atoms with Crippen LogP contribution < -0.4 is 10.6 Å². The quantitative estimate of drug-likeness (QED) is 0.634. The molecule has 0 aromatic carbocycles. The smallest absolute Gasteiger partial charge is 0.407 e. The third kappa shape index (κ3) is 3.64. The Balaban J connectivity index is 2.13. The van der Waals surface area contributed by atoms with Gasteiger partial charge in [0.15, 0.2) is 0 Å². The molecule has 2 N–H and O–H groups in total. The van der Waals surface area contributed by atoms with Gasteiger partial charge in [0, 0.05) is 13.0 Å². The Morgan fingerprint density at radius 3 is 2.64 bits per heavy atom. The van der Waals surface area contributed by atoms with Gasteiger partial charge in [0.1, 0.15) is 5.60 Å². The largest absolute Gasteiger partial charge is 0.444 e. The van der Waals surface area contributed by atoms with Gasteiger partial charge in [-0.05, 0) is 20.8 Å². The predicted octanol–water partition coefficient (Wildman–Crippen LogP) is 0.400. The fourth-order valence-electron chi connectivity index (χ4n) is 1.07. The van der Waals surface area contributed by atoms with Crippen molar-refractivity contribution in [3.05, 3.63) is 0 Å². The first-order valence-electron chi connectivity index (χ1n) is 4.63. The number of β-lactam (4-membered cyclic amide) rings is 1. The van der Waals surface area contributed by atoms with Crippen molar-refractivity contribution in [1.29, 1.82) is 0 Å². The summed E-state index contributed by atoms with van der Waals surface area (Å²) in [6, 6.07) is 0.0648. The summed E-state index contributed by atoms with van der Waals surface area (Å²) in [4.78, 5) is 21.7. The van der Waals surface area contributed by atoms with Crippen LogP contribution in [0, 0.1) is 0 Å². The monoisotopic (exact) mass is 200 g/mol. The Morgan fingerprint density at radius 1 is 1.64 bits per heavy atom. The van der Waals surface area contributed by atoms with Crippen LogP contribution in [0.5, 0.6) is 0 Å². The van der Waals surface area contributed by atoms with Crippen LogP contribution in [0.2, 0.25) is 0 Å². The molecule has 0 bridgehead atoms. The first-order valence-corrected chi connectivity index (χ1v) is 4.63. The second-order valence-electron chi connectivity index (χ2n) is 4.35. The van der Waals surface area contributed by atoms with E-state index in [1.54, 1.807) is 20.8 Å². The van der Waals surface area contributed by atoms with Crippen LogP contribution >= 0.6 is 0 Å². The maximum Gasteiger partial charge on any atom is 0.407 e. The van der Waals surface area contributed by atoms with Crippen LogP contribution in [0.15, 0.2) is 0 Å². The zero-order valence-electron chi connectivity index (χ0n) is 8.72.